The first-order valence-corrected chi connectivity index (χ1v) is 9.69. The number of rotatable bonds is 3. The van der Waals surface area contributed by atoms with Gasteiger partial charge in [-0.3, -0.25) is 0 Å². The molecule has 8 heteroatoms. The van der Waals surface area contributed by atoms with Crippen LogP contribution < -0.4 is 4.90 Å². The smallest absolute Gasteiger partial charge is 0.335 e. The van der Waals surface area contributed by atoms with Crippen LogP contribution in [-0.4, -0.2) is 39.4 Å². The van der Waals surface area contributed by atoms with Gasteiger partial charge in [-0.2, -0.15) is 17.5 Å². The van der Waals surface area contributed by atoms with E-state index in [4.69, 9.17) is 0 Å². The minimum Gasteiger partial charge on any atom is -0.335 e. The molecular weight excluding hydrogens is 365 g/mol. The monoisotopic (exact) mass is 385 g/mol. The molecule has 1 aliphatic rings. The van der Waals surface area contributed by atoms with E-state index in [0.717, 1.165) is 29.8 Å². The zero-order valence-corrected chi connectivity index (χ0v) is 15.0. The van der Waals surface area contributed by atoms with Crippen LogP contribution in [0.25, 0.3) is 0 Å². The van der Waals surface area contributed by atoms with Crippen molar-refractivity contribution < 1.29 is 26.5 Å². The van der Waals surface area contributed by atoms with Crippen LogP contribution in [0.2, 0.25) is 0 Å². The molecule has 1 fully saturated rings. The number of sulfonamides is 1. The highest BCUT2D eigenvalue weighted by molar-refractivity contribution is 7.89. The fraction of sp³-hybridized carbons (Fsp3) is 0.333. The van der Waals surface area contributed by atoms with Crippen LogP contribution in [0.3, 0.4) is 0 Å². The second kappa shape index (κ2) is 7.02. The molecule has 0 spiro atoms. The van der Waals surface area contributed by atoms with Crippen LogP contribution in [0.1, 0.15) is 17.2 Å². The fourth-order valence-corrected chi connectivity index (χ4v) is 4.80. The lowest BCUT2D eigenvalue weighted by Crippen LogP contribution is -3.12. The van der Waals surface area contributed by atoms with Crippen LogP contribution in [-0.2, 0) is 16.2 Å². The van der Waals surface area contributed by atoms with Gasteiger partial charge in [-0.25, -0.2) is 8.42 Å². The molecule has 0 aliphatic carbocycles. The Bertz CT molecular complexity index is 852. The summed E-state index contributed by atoms with van der Waals surface area (Å²) in [4.78, 5) is 1.09. The molecule has 140 valence electrons. The molecule has 2 atom stereocenters. The first-order valence-electron chi connectivity index (χ1n) is 8.25. The van der Waals surface area contributed by atoms with E-state index < -0.39 is 21.8 Å². The summed E-state index contributed by atoms with van der Waals surface area (Å²) in [6.07, 6.45) is -4.49. The summed E-state index contributed by atoms with van der Waals surface area (Å²) in [6, 6.07) is 12.6. The fourth-order valence-electron chi connectivity index (χ4n) is 3.19. The third-order valence-electron chi connectivity index (χ3n) is 4.62. The lowest BCUT2D eigenvalue weighted by molar-refractivity contribution is -0.887. The zero-order chi connectivity index (χ0) is 18.9. The Kier molecular flexibility index (Phi) is 5.09. The van der Waals surface area contributed by atoms with Crippen molar-refractivity contribution in [2.24, 2.45) is 0 Å². The van der Waals surface area contributed by atoms with E-state index in [-0.39, 0.29) is 10.9 Å². The van der Waals surface area contributed by atoms with Crippen molar-refractivity contribution in [2.45, 2.75) is 17.1 Å². The number of quaternary nitrogens is 1. The number of hydrogen-bond donors (Lipinski definition) is 1. The topological polar surface area (TPSA) is 41.8 Å². The summed E-state index contributed by atoms with van der Waals surface area (Å²) in [7, 11) is -1.89. The van der Waals surface area contributed by atoms with E-state index in [2.05, 4.69) is 0 Å². The van der Waals surface area contributed by atoms with E-state index in [1.165, 1.54) is 9.21 Å². The Morgan fingerprint density at radius 2 is 1.65 bits per heavy atom. The van der Waals surface area contributed by atoms with E-state index in [1.54, 1.807) is 0 Å². The van der Waals surface area contributed by atoms with Gasteiger partial charge >= 0.3 is 6.18 Å². The van der Waals surface area contributed by atoms with Gasteiger partial charge in [0.15, 0.2) is 0 Å². The Balaban J connectivity index is 1.96. The summed E-state index contributed by atoms with van der Waals surface area (Å²) in [6.45, 7) is 1.56. The van der Waals surface area contributed by atoms with Gasteiger partial charge in [0.2, 0.25) is 10.0 Å². The van der Waals surface area contributed by atoms with Crippen molar-refractivity contribution in [2.75, 3.05) is 26.7 Å². The van der Waals surface area contributed by atoms with E-state index in [9.17, 15) is 21.6 Å². The second-order valence-corrected chi connectivity index (χ2v) is 8.37. The van der Waals surface area contributed by atoms with E-state index in [0.29, 0.717) is 19.6 Å². The SMILES string of the molecule is C[NH+]1CCN(S(=O)(=O)c2ccc(C(F)(F)F)cc2)[C@H](c2ccccc2)C1. The van der Waals surface area contributed by atoms with Gasteiger partial charge in [0, 0.05) is 0 Å². The highest BCUT2D eigenvalue weighted by Gasteiger charge is 2.38. The molecule has 1 saturated heterocycles. The van der Waals surface area contributed by atoms with Gasteiger partial charge in [0.1, 0.15) is 0 Å². The van der Waals surface area contributed by atoms with Gasteiger partial charge in [0.25, 0.3) is 0 Å². The summed E-state index contributed by atoms with van der Waals surface area (Å²) >= 11 is 0. The highest BCUT2D eigenvalue weighted by Crippen LogP contribution is 2.32. The van der Waals surface area contributed by atoms with Crippen molar-refractivity contribution >= 4 is 10.0 Å². The van der Waals surface area contributed by atoms with Crippen molar-refractivity contribution in [3.63, 3.8) is 0 Å². The number of halogens is 3. The molecule has 26 heavy (non-hydrogen) atoms. The van der Waals surface area contributed by atoms with Crippen LogP contribution in [0.15, 0.2) is 59.5 Å². The summed E-state index contributed by atoms with van der Waals surface area (Å²) < 4.78 is 65.8. The molecule has 1 aliphatic heterocycles. The third kappa shape index (κ3) is 3.77. The number of piperazine rings is 1. The average Bonchev–Trinajstić information content (AvgIpc) is 2.61. The molecule has 1 heterocycles. The van der Waals surface area contributed by atoms with Gasteiger partial charge in [-0.1, -0.05) is 30.3 Å². The maximum absolute atomic E-state index is 13.1. The van der Waals surface area contributed by atoms with Crippen molar-refractivity contribution in [3.05, 3.63) is 65.7 Å². The molecule has 0 bridgehead atoms. The quantitative estimate of drug-likeness (QED) is 0.878. The largest absolute Gasteiger partial charge is 0.416 e. The van der Waals surface area contributed by atoms with Crippen molar-refractivity contribution in [1.82, 2.24) is 4.31 Å². The zero-order valence-electron chi connectivity index (χ0n) is 14.2. The maximum Gasteiger partial charge on any atom is 0.416 e. The first-order chi connectivity index (χ1) is 12.2. The number of nitrogens with one attached hydrogen (secondary N) is 1. The number of benzene rings is 2. The molecule has 1 unspecified atom stereocenters. The second-order valence-electron chi connectivity index (χ2n) is 6.48. The van der Waals surface area contributed by atoms with E-state index in [1.807, 2.05) is 37.4 Å². The number of hydrogen-bond acceptors (Lipinski definition) is 2. The van der Waals surface area contributed by atoms with Crippen LogP contribution in [0.4, 0.5) is 13.2 Å². The Morgan fingerprint density at radius 3 is 2.23 bits per heavy atom. The molecular formula is C18H20F3N2O2S+. The lowest BCUT2D eigenvalue weighted by Gasteiger charge is -2.37. The van der Waals surface area contributed by atoms with Gasteiger partial charge in [-0.15, -0.1) is 0 Å². The molecule has 0 amide bonds. The summed E-state index contributed by atoms with van der Waals surface area (Å²) in [5.41, 5.74) is 0.0147. The summed E-state index contributed by atoms with van der Waals surface area (Å²) in [5.74, 6) is 0. The predicted molar refractivity (Wildman–Crippen MR) is 91.1 cm³/mol. The molecule has 2 aromatic carbocycles. The molecule has 0 radical (unpaired) electrons. The van der Waals surface area contributed by atoms with E-state index >= 15 is 0 Å². The van der Waals surface area contributed by atoms with Gasteiger partial charge < -0.3 is 4.90 Å². The Labute approximate surface area is 150 Å². The number of alkyl halides is 3. The molecule has 0 aromatic heterocycles. The highest BCUT2D eigenvalue weighted by atomic mass is 32.2. The summed E-state index contributed by atoms with van der Waals surface area (Å²) in [5, 5.41) is 0. The van der Waals surface area contributed by atoms with Gasteiger partial charge in [0.05, 0.1) is 43.2 Å². The van der Waals surface area contributed by atoms with Crippen molar-refractivity contribution in [1.29, 1.82) is 0 Å². The average molecular weight is 385 g/mol. The minimum absolute atomic E-state index is 0.119. The standard InChI is InChI=1S/C18H19F3N2O2S/c1-22-11-12-23(17(13-22)14-5-3-2-4-6-14)26(24,25)16-9-7-15(8-10-16)18(19,20)21/h2-10,17H,11-13H2,1H3/p+1/t17-/m0/s1. The molecule has 0 saturated carbocycles. The Hall–Kier alpha value is -1.90. The van der Waals surface area contributed by atoms with Crippen LogP contribution in [0.5, 0.6) is 0 Å². The van der Waals surface area contributed by atoms with Crippen LogP contribution >= 0.6 is 0 Å². The van der Waals surface area contributed by atoms with Crippen LogP contribution in [0, 0.1) is 0 Å². The normalized spacial score (nSPS) is 22.3. The van der Waals surface area contributed by atoms with Gasteiger partial charge in [-0.05, 0) is 29.8 Å². The third-order valence-corrected chi connectivity index (χ3v) is 6.54. The molecule has 2 aromatic rings. The predicted octanol–water partition coefficient (Wildman–Crippen LogP) is 1.97. The minimum atomic E-state index is -4.49. The molecule has 1 N–H and O–H groups in total. The van der Waals surface area contributed by atoms with Crippen molar-refractivity contribution in [3.8, 4) is 0 Å². The first kappa shape index (κ1) is 18.9. The molecule has 4 nitrogen and oxygen atoms in total. The number of likely N-dealkylation sites (N-methyl/N-ethyl adjacent to an activating group) is 1. The lowest BCUT2D eigenvalue weighted by atomic mass is 10.1. The Morgan fingerprint density at radius 1 is 1.04 bits per heavy atom. The maximum atomic E-state index is 13.1. The molecule has 3 rings (SSSR count). The number of nitrogens with zero attached hydrogens (tertiary/aromatic N) is 1.